The first kappa shape index (κ1) is 20.4. The third-order valence-corrected chi connectivity index (χ3v) is 4.83. The molecule has 1 atom stereocenters. The molecule has 2 N–H and O–H groups in total. The first-order valence-electron chi connectivity index (χ1n) is 9.69. The first-order valence-corrected chi connectivity index (χ1v) is 9.69. The van der Waals surface area contributed by atoms with E-state index in [0.29, 0.717) is 11.4 Å². The summed E-state index contributed by atoms with van der Waals surface area (Å²) in [5.41, 5.74) is 1.57. The summed E-state index contributed by atoms with van der Waals surface area (Å²) < 4.78 is 5.19. The molecule has 0 aliphatic rings. The number of nitrogens with one attached hydrogen (secondary N) is 2. The highest BCUT2D eigenvalue weighted by Crippen LogP contribution is 2.20. The van der Waals surface area contributed by atoms with Gasteiger partial charge in [0.15, 0.2) is 0 Å². The lowest BCUT2D eigenvalue weighted by molar-refractivity contribution is -0.127. The smallest absolute Gasteiger partial charge is 0.247 e. The van der Waals surface area contributed by atoms with Gasteiger partial charge in [0.2, 0.25) is 11.8 Å². The van der Waals surface area contributed by atoms with Crippen molar-refractivity contribution in [3.8, 4) is 5.75 Å². The highest BCUT2D eigenvalue weighted by Gasteiger charge is 2.24. The van der Waals surface area contributed by atoms with Gasteiger partial charge < -0.3 is 15.4 Å². The molecule has 0 saturated heterocycles. The van der Waals surface area contributed by atoms with Gasteiger partial charge >= 0.3 is 0 Å². The van der Waals surface area contributed by atoms with Crippen molar-refractivity contribution in [3.63, 3.8) is 0 Å². The highest BCUT2D eigenvalue weighted by molar-refractivity contribution is 5.98. The maximum absolute atomic E-state index is 12.8. The number of hydrogen-bond acceptors (Lipinski definition) is 3. The second kappa shape index (κ2) is 9.24. The van der Waals surface area contributed by atoms with E-state index in [4.69, 9.17) is 4.74 Å². The molecule has 0 aliphatic heterocycles. The molecule has 0 aromatic heterocycles. The summed E-state index contributed by atoms with van der Waals surface area (Å²) in [5, 5.41) is 7.90. The van der Waals surface area contributed by atoms with E-state index < -0.39 is 6.04 Å². The maximum Gasteiger partial charge on any atom is 0.247 e. The zero-order valence-electron chi connectivity index (χ0n) is 16.9. The van der Waals surface area contributed by atoms with Crippen LogP contribution in [-0.4, -0.2) is 25.0 Å². The minimum absolute atomic E-state index is 0.0583. The van der Waals surface area contributed by atoms with Crippen LogP contribution in [0.2, 0.25) is 0 Å². The van der Waals surface area contributed by atoms with E-state index in [9.17, 15) is 9.59 Å². The van der Waals surface area contributed by atoms with E-state index in [0.717, 1.165) is 16.3 Å². The number of ether oxygens (including phenoxy) is 1. The van der Waals surface area contributed by atoms with Crippen molar-refractivity contribution in [3.05, 3.63) is 72.3 Å². The number of hydrogen-bond donors (Lipinski definition) is 2. The lowest BCUT2D eigenvalue weighted by Crippen LogP contribution is -2.47. The normalized spacial score (nSPS) is 11.9. The number of fused-ring (bicyclic) bond motifs is 1. The molecule has 0 fully saturated rings. The van der Waals surface area contributed by atoms with Crippen molar-refractivity contribution >= 4 is 28.3 Å². The van der Waals surface area contributed by atoms with Gasteiger partial charge in [-0.2, -0.15) is 0 Å². The van der Waals surface area contributed by atoms with Crippen molar-refractivity contribution in [1.29, 1.82) is 0 Å². The quantitative estimate of drug-likeness (QED) is 0.636. The molecular formula is C24H26N2O3. The Morgan fingerprint density at radius 1 is 0.966 bits per heavy atom. The molecule has 0 saturated carbocycles. The van der Waals surface area contributed by atoms with Crippen molar-refractivity contribution < 1.29 is 14.3 Å². The van der Waals surface area contributed by atoms with Crippen molar-refractivity contribution in [1.82, 2.24) is 5.32 Å². The molecule has 29 heavy (non-hydrogen) atoms. The Morgan fingerprint density at radius 2 is 1.69 bits per heavy atom. The minimum Gasteiger partial charge on any atom is -0.497 e. The fourth-order valence-corrected chi connectivity index (χ4v) is 3.30. The van der Waals surface area contributed by atoms with Crippen molar-refractivity contribution in [2.24, 2.45) is 5.92 Å². The number of benzene rings is 3. The van der Waals surface area contributed by atoms with Crippen molar-refractivity contribution in [2.75, 3.05) is 12.4 Å². The molecule has 0 radical (unpaired) electrons. The van der Waals surface area contributed by atoms with Crippen LogP contribution in [0.3, 0.4) is 0 Å². The maximum atomic E-state index is 12.8. The van der Waals surface area contributed by atoms with Gasteiger partial charge in [-0.1, -0.05) is 62.4 Å². The van der Waals surface area contributed by atoms with E-state index in [-0.39, 0.29) is 24.2 Å². The number of methoxy groups -OCH3 is 1. The van der Waals surface area contributed by atoms with Gasteiger partial charge in [-0.25, -0.2) is 0 Å². The molecule has 0 unspecified atom stereocenters. The van der Waals surface area contributed by atoms with Gasteiger partial charge in [0, 0.05) is 11.8 Å². The second-order valence-electron chi connectivity index (χ2n) is 7.33. The van der Waals surface area contributed by atoms with Crippen LogP contribution >= 0.6 is 0 Å². The average molecular weight is 390 g/mol. The number of rotatable bonds is 7. The molecule has 0 aliphatic carbocycles. The summed E-state index contributed by atoms with van der Waals surface area (Å²) in [6.45, 7) is 3.82. The topological polar surface area (TPSA) is 67.4 Å². The Labute approximate surface area is 171 Å². The number of anilines is 1. The first-order chi connectivity index (χ1) is 14.0. The number of carbonyl (C=O) groups is 2. The van der Waals surface area contributed by atoms with Gasteiger partial charge in [-0.3, -0.25) is 9.59 Å². The molecular weight excluding hydrogens is 364 g/mol. The monoisotopic (exact) mass is 390 g/mol. The van der Waals surface area contributed by atoms with Gasteiger partial charge in [-0.05, 0) is 34.4 Å². The minimum atomic E-state index is -0.635. The van der Waals surface area contributed by atoms with E-state index >= 15 is 0 Å². The molecule has 150 valence electrons. The van der Waals surface area contributed by atoms with E-state index in [1.165, 1.54) is 0 Å². The Morgan fingerprint density at radius 3 is 2.45 bits per heavy atom. The zero-order valence-corrected chi connectivity index (χ0v) is 16.9. The largest absolute Gasteiger partial charge is 0.497 e. The van der Waals surface area contributed by atoms with E-state index in [1.54, 1.807) is 25.3 Å². The summed E-state index contributed by atoms with van der Waals surface area (Å²) >= 11 is 0. The van der Waals surface area contributed by atoms with Crippen LogP contribution in [-0.2, 0) is 16.0 Å². The zero-order chi connectivity index (χ0) is 20.8. The van der Waals surface area contributed by atoms with Crippen LogP contribution in [0.5, 0.6) is 5.75 Å². The van der Waals surface area contributed by atoms with Gasteiger partial charge in [0.05, 0.1) is 13.5 Å². The highest BCUT2D eigenvalue weighted by atomic mass is 16.5. The molecule has 5 nitrogen and oxygen atoms in total. The second-order valence-corrected chi connectivity index (χ2v) is 7.33. The predicted octanol–water partition coefficient (Wildman–Crippen LogP) is 4.17. The average Bonchev–Trinajstić information content (AvgIpc) is 2.72. The molecule has 3 aromatic rings. The van der Waals surface area contributed by atoms with Gasteiger partial charge in [0.1, 0.15) is 11.8 Å². The van der Waals surface area contributed by atoms with Crippen molar-refractivity contribution in [2.45, 2.75) is 26.3 Å². The van der Waals surface area contributed by atoms with Gasteiger partial charge in [-0.15, -0.1) is 0 Å². The molecule has 5 heteroatoms. The molecule has 0 bridgehead atoms. The number of carbonyl (C=O) groups excluding carboxylic acids is 2. The van der Waals surface area contributed by atoms with Crippen LogP contribution in [0.4, 0.5) is 5.69 Å². The third-order valence-electron chi connectivity index (χ3n) is 4.83. The fourth-order valence-electron chi connectivity index (χ4n) is 3.30. The van der Waals surface area contributed by atoms with Gasteiger partial charge in [0.25, 0.3) is 0 Å². The predicted molar refractivity (Wildman–Crippen MR) is 116 cm³/mol. The molecule has 3 aromatic carbocycles. The summed E-state index contributed by atoms with van der Waals surface area (Å²) in [6.07, 6.45) is 0.219. The Hall–Kier alpha value is -3.34. The summed E-state index contributed by atoms with van der Waals surface area (Å²) in [4.78, 5) is 25.5. The van der Waals surface area contributed by atoms with E-state index in [1.807, 2.05) is 62.4 Å². The van der Waals surface area contributed by atoms with Crippen LogP contribution < -0.4 is 15.4 Å². The van der Waals surface area contributed by atoms with Crippen LogP contribution in [0.25, 0.3) is 10.8 Å². The number of amides is 2. The molecule has 3 rings (SSSR count). The van der Waals surface area contributed by atoms with Crippen LogP contribution in [0.1, 0.15) is 19.4 Å². The van der Waals surface area contributed by atoms with E-state index in [2.05, 4.69) is 10.6 Å². The third kappa shape index (κ3) is 5.13. The lowest BCUT2D eigenvalue weighted by Gasteiger charge is -2.22. The molecule has 0 spiro atoms. The Kier molecular flexibility index (Phi) is 6.50. The lowest BCUT2D eigenvalue weighted by atomic mass is 10.00. The fraction of sp³-hybridized carbons (Fsp3) is 0.250. The summed E-state index contributed by atoms with van der Waals surface area (Å²) in [7, 11) is 1.57. The summed E-state index contributed by atoms with van der Waals surface area (Å²) in [6, 6.07) is 20.4. The molecule has 0 heterocycles. The standard InChI is InChI=1S/C24H26N2O3/c1-16(2)23(24(28)25-19-11-7-12-20(15-19)29-3)26-22(27)14-18-10-6-9-17-8-4-5-13-21(17)18/h4-13,15-16,23H,14H2,1-3H3,(H,25,28)(H,26,27)/t23-/m0/s1. The van der Waals surface area contributed by atoms with Crippen LogP contribution in [0.15, 0.2) is 66.7 Å². The van der Waals surface area contributed by atoms with Crippen LogP contribution in [0, 0.1) is 5.92 Å². The Balaban J connectivity index is 1.70. The SMILES string of the molecule is COc1cccc(NC(=O)[C@@H](NC(=O)Cc2cccc3ccccc23)C(C)C)c1. The summed E-state index contributed by atoms with van der Waals surface area (Å²) in [5.74, 6) is 0.168. The molecule has 2 amide bonds. The Bertz CT molecular complexity index is 1010.